The molecule has 1 amide bonds. The summed E-state index contributed by atoms with van der Waals surface area (Å²) in [5, 5.41) is 3.84. The number of rotatable bonds is 7. The van der Waals surface area contributed by atoms with Crippen LogP contribution < -0.4 is 9.73 Å². The molecule has 0 aromatic heterocycles. The Kier molecular flexibility index (Phi) is 7.11. The Morgan fingerprint density at radius 2 is 1.69 bits per heavy atom. The molecule has 1 N–H and O–H groups in total. The van der Waals surface area contributed by atoms with Crippen molar-refractivity contribution in [3.63, 3.8) is 0 Å². The topological polar surface area (TPSA) is 105 Å². The van der Waals surface area contributed by atoms with Gasteiger partial charge in [0.15, 0.2) is 0 Å². The van der Waals surface area contributed by atoms with E-state index in [2.05, 4.69) is 15.3 Å². The summed E-state index contributed by atoms with van der Waals surface area (Å²) in [6.45, 7) is 3.31. The van der Waals surface area contributed by atoms with E-state index in [-0.39, 0.29) is 0 Å². The van der Waals surface area contributed by atoms with E-state index in [0.29, 0.717) is 16.8 Å². The van der Waals surface area contributed by atoms with Gasteiger partial charge in [0.1, 0.15) is 6.54 Å². The lowest BCUT2D eigenvalue weighted by Crippen LogP contribution is -2.39. The van der Waals surface area contributed by atoms with Gasteiger partial charge in [-0.15, -0.1) is 0 Å². The first-order valence-electron chi connectivity index (χ1n) is 8.66. The maximum absolute atomic E-state index is 12.2. The number of hydrogen-bond acceptors (Lipinski definition) is 6. The largest absolute Gasteiger partial charge is 0.465 e. The maximum Gasteiger partial charge on any atom is 0.337 e. The summed E-state index contributed by atoms with van der Waals surface area (Å²) >= 11 is 0. The van der Waals surface area contributed by atoms with Crippen LogP contribution in [0.1, 0.15) is 27.0 Å². The van der Waals surface area contributed by atoms with Gasteiger partial charge in [0.2, 0.25) is 10.0 Å². The number of sulfonamides is 1. The average molecular weight is 417 g/mol. The second-order valence-corrected chi connectivity index (χ2v) is 8.43. The van der Waals surface area contributed by atoms with Gasteiger partial charge >= 0.3 is 5.97 Å². The SMILES string of the molecule is COC(=O)c1ccc(/C=N\NC(=O)CN(c2cc(C)cc(C)c2)S(C)(=O)=O)cc1. The molecule has 8 nitrogen and oxygen atoms in total. The highest BCUT2D eigenvalue weighted by atomic mass is 32.2. The van der Waals surface area contributed by atoms with Gasteiger partial charge in [-0.05, 0) is 54.8 Å². The van der Waals surface area contributed by atoms with Gasteiger partial charge in [-0.2, -0.15) is 5.10 Å². The predicted molar refractivity (Wildman–Crippen MR) is 112 cm³/mol. The molecular weight excluding hydrogens is 394 g/mol. The molecule has 0 bridgehead atoms. The quantitative estimate of drug-likeness (QED) is 0.421. The van der Waals surface area contributed by atoms with E-state index in [4.69, 9.17) is 0 Å². The number of benzene rings is 2. The molecule has 9 heteroatoms. The summed E-state index contributed by atoms with van der Waals surface area (Å²) in [5.41, 5.74) is 5.56. The summed E-state index contributed by atoms with van der Waals surface area (Å²) < 4.78 is 30.0. The van der Waals surface area contributed by atoms with Crippen LogP contribution in [-0.2, 0) is 19.6 Å². The number of nitrogens with zero attached hydrogens (tertiary/aromatic N) is 2. The van der Waals surface area contributed by atoms with Crippen LogP contribution in [0.15, 0.2) is 47.6 Å². The van der Waals surface area contributed by atoms with Crippen LogP contribution in [-0.4, -0.2) is 46.4 Å². The Hall–Kier alpha value is -3.20. The zero-order valence-electron chi connectivity index (χ0n) is 16.7. The number of aryl methyl sites for hydroxylation is 2. The van der Waals surface area contributed by atoms with Crippen LogP contribution in [0, 0.1) is 13.8 Å². The third-order valence-electron chi connectivity index (χ3n) is 3.92. The molecule has 2 aromatic rings. The maximum atomic E-state index is 12.2. The lowest BCUT2D eigenvalue weighted by Gasteiger charge is -2.22. The van der Waals surface area contributed by atoms with Crippen LogP contribution in [0.4, 0.5) is 5.69 Å². The summed E-state index contributed by atoms with van der Waals surface area (Å²) in [7, 11) is -2.37. The summed E-state index contributed by atoms with van der Waals surface area (Å²) in [5.74, 6) is -1.04. The highest BCUT2D eigenvalue weighted by Gasteiger charge is 2.21. The van der Waals surface area contributed by atoms with Crippen molar-refractivity contribution in [1.82, 2.24) is 5.43 Å². The molecule has 2 aromatic carbocycles. The number of hydrazone groups is 1. The number of amides is 1. The molecule has 0 heterocycles. The molecule has 0 unspecified atom stereocenters. The van der Waals surface area contributed by atoms with Crippen molar-refractivity contribution in [2.45, 2.75) is 13.8 Å². The van der Waals surface area contributed by atoms with Crippen LogP contribution in [0.2, 0.25) is 0 Å². The normalized spacial score (nSPS) is 11.3. The number of nitrogens with one attached hydrogen (secondary N) is 1. The van der Waals surface area contributed by atoms with Crippen LogP contribution in [0.3, 0.4) is 0 Å². The number of hydrogen-bond donors (Lipinski definition) is 1. The Labute approximate surface area is 170 Å². The van der Waals surface area contributed by atoms with Crippen molar-refractivity contribution in [3.05, 3.63) is 64.7 Å². The molecule has 0 fully saturated rings. The second kappa shape index (κ2) is 9.33. The van der Waals surface area contributed by atoms with Gasteiger partial charge in [0.05, 0.1) is 30.8 Å². The number of carbonyl (C=O) groups is 2. The number of methoxy groups -OCH3 is 1. The van der Waals surface area contributed by atoms with Crippen molar-refractivity contribution in [1.29, 1.82) is 0 Å². The minimum atomic E-state index is -3.66. The first-order chi connectivity index (χ1) is 13.6. The molecule has 2 rings (SSSR count). The zero-order chi connectivity index (χ0) is 21.6. The minimum Gasteiger partial charge on any atom is -0.465 e. The van der Waals surface area contributed by atoms with E-state index in [1.807, 2.05) is 19.9 Å². The van der Waals surface area contributed by atoms with Crippen molar-refractivity contribution >= 4 is 33.8 Å². The molecule has 0 aliphatic rings. The third-order valence-corrected chi connectivity index (χ3v) is 5.06. The lowest BCUT2D eigenvalue weighted by atomic mass is 10.1. The Bertz CT molecular complexity index is 1010. The molecule has 0 saturated heterocycles. The monoisotopic (exact) mass is 417 g/mol. The second-order valence-electron chi connectivity index (χ2n) is 6.52. The first-order valence-corrected chi connectivity index (χ1v) is 10.5. The van der Waals surface area contributed by atoms with Crippen molar-refractivity contribution < 1.29 is 22.7 Å². The van der Waals surface area contributed by atoms with Gasteiger partial charge in [-0.1, -0.05) is 18.2 Å². The molecule has 0 aliphatic heterocycles. The highest BCUT2D eigenvalue weighted by molar-refractivity contribution is 7.92. The third kappa shape index (κ3) is 6.42. The molecule has 154 valence electrons. The fraction of sp³-hybridized carbons (Fsp3) is 0.250. The number of ether oxygens (including phenoxy) is 1. The zero-order valence-corrected chi connectivity index (χ0v) is 17.5. The van der Waals surface area contributed by atoms with E-state index in [1.165, 1.54) is 13.3 Å². The average Bonchev–Trinajstić information content (AvgIpc) is 2.64. The summed E-state index contributed by atoms with van der Waals surface area (Å²) in [6, 6.07) is 11.7. The number of esters is 1. The molecule has 0 spiro atoms. The predicted octanol–water partition coefficient (Wildman–Crippen LogP) is 2.01. The minimum absolute atomic E-state index is 0.394. The molecule has 0 radical (unpaired) electrons. The highest BCUT2D eigenvalue weighted by Crippen LogP contribution is 2.21. The summed E-state index contributed by atoms with van der Waals surface area (Å²) in [6.07, 6.45) is 2.44. The Morgan fingerprint density at radius 3 is 2.21 bits per heavy atom. The standard InChI is InChI=1S/C20H23N3O5S/c1-14-9-15(2)11-18(10-14)23(29(4,26)27)13-19(24)22-21-12-16-5-7-17(8-6-16)20(25)28-3/h5-12H,13H2,1-4H3,(H,22,24)/b21-12-. The molecule has 29 heavy (non-hydrogen) atoms. The van der Waals surface area contributed by atoms with Crippen molar-refractivity contribution in [3.8, 4) is 0 Å². The van der Waals surface area contributed by atoms with Gasteiger partial charge in [0, 0.05) is 0 Å². The van der Waals surface area contributed by atoms with E-state index in [0.717, 1.165) is 21.7 Å². The van der Waals surface area contributed by atoms with Crippen molar-refractivity contribution in [2.75, 3.05) is 24.2 Å². The van der Waals surface area contributed by atoms with Crippen LogP contribution in [0.5, 0.6) is 0 Å². The fourth-order valence-electron chi connectivity index (χ4n) is 2.66. The van der Waals surface area contributed by atoms with Crippen molar-refractivity contribution in [2.24, 2.45) is 5.10 Å². The van der Waals surface area contributed by atoms with Crippen LogP contribution >= 0.6 is 0 Å². The number of anilines is 1. The molecule has 0 aliphatic carbocycles. The number of carbonyl (C=O) groups excluding carboxylic acids is 2. The van der Waals surface area contributed by atoms with E-state index in [9.17, 15) is 18.0 Å². The van der Waals surface area contributed by atoms with E-state index < -0.39 is 28.4 Å². The van der Waals surface area contributed by atoms with Crippen LogP contribution in [0.25, 0.3) is 0 Å². The van der Waals surface area contributed by atoms with Gasteiger partial charge in [-0.25, -0.2) is 18.6 Å². The molecular formula is C20H23N3O5S. The summed E-state index contributed by atoms with van der Waals surface area (Å²) in [4.78, 5) is 23.6. The smallest absolute Gasteiger partial charge is 0.337 e. The van der Waals surface area contributed by atoms with Gasteiger partial charge < -0.3 is 4.74 Å². The first kappa shape index (κ1) is 22.1. The molecule has 0 saturated carbocycles. The molecule has 0 atom stereocenters. The van der Waals surface area contributed by atoms with E-state index in [1.54, 1.807) is 36.4 Å². The van der Waals surface area contributed by atoms with Gasteiger partial charge in [0.25, 0.3) is 5.91 Å². The Balaban J connectivity index is 2.07. The fourth-order valence-corrected chi connectivity index (χ4v) is 3.50. The van der Waals surface area contributed by atoms with E-state index >= 15 is 0 Å². The lowest BCUT2D eigenvalue weighted by molar-refractivity contribution is -0.119. The Morgan fingerprint density at radius 1 is 1.10 bits per heavy atom. The van der Waals surface area contributed by atoms with Gasteiger partial charge in [-0.3, -0.25) is 9.10 Å².